The first-order valence-electron chi connectivity index (χ1n) is 13.5. The number of carbonyl (C=O) groups excluding carboxylic acids is 2. The number of rotatable bonds is 13. The van der Waals surface area contributed by atoms with Crippen LogP contribution in [-0.4, -0.2) is 32.3 Å². The zero-order chi connectivity index (χ0) is 30.8. The van der Waals surface area contributed by atoms with Crippen LogP contribution in [0.1, 0.15) is 42.5 Å². The van der Waals surface area contributed by atoms with Crippen molar-refractivity contribution in [3.63, 3.8) is 0 Å². The van der Waals surface area contributed by atoms with Crippen molar-refractivity contribution in [2.45, 2.75) is 38.0 Å². The number of azo groups is 1. The average Bonchev–Trinajstić information content (AvgIpc) is 3.38. The summed E-state index contributed by atoms with van der Waals surface area (Å²) in [5, 5.41) is 24.3. The highest BCUT2D eigenvalue weighted by molar-refractivity contribution is 7.99. The summed E-state index contributed by atoms with van der Waals surface area (Å²) in [5.74, 6) is 0.360. The van der Waals surface area contributed by atoms with Crippen molar-refractivity contribution in [1.29, 1.82) is 0 Å². The summed E-state index contributed by atoms with van der Waals surface area (Å²) in [6, 6.07) is 20.8. The smallest absolute Gasteiger partial charge is 0.253 e. The Hall–Kier alpha value is -3.99. The lowest BCUT2D eigenvalue weighted by atomic mass is 10.0. The number of nitrogens with zero attached hydrogens (tertiary/aromatic N) is 5. The fraction of sp³-hybridized carbons (Fsp3) is 0.226. The van der Waals surface area contributed by atoms with E-state index in [2.05, 4.69) is 51.5 Å². The maximum atomic E-state index is 13.1. The number of thioether (sulfide) groups is 1. The highest BCUT2D eigenvalue weighted by atomic mass is 35.5. The Balaban J connectivity index is 1.41. The molecule has 9 nitrogen and oxygen atoms in total. The first-order valence-corrected chi connectivity index (χ1v) is 15.3. The number of amides is 2. The third kappa shape index (κ3) is 9.25. The fourth-order valence-corrected chi connectivity index (χ4v) is 5.37. The minimum Gasteiger partial charge on any atom is -0.342 e. The van der Waals surface area contributed by atoms with Crippen molar-refractivity contribution < 1.29 is 9.59 Å². The molecule has 1 heterocycles. The second-order valence-electron chi connectivity index (χ2n) is 9.94. The van der Waals surface area contributed by atoms with Gasteiger partial charge in [0.05, 0.1) is 33.8 Å². The monoisotopic (exact) mass is 635 g/mol. The molecule has 0 fully saturated rings. The van der Waals surface area contributed by atoms with Crippen molar-refractivity contribution in [3.8, 4) is 0 Å². The van der Waals surface area contributed by atoms with Crippen LogP contribution in [0.3, 0.4) is 0 Å². The van der Waals surface area contributed by atoms with Gasteiger partial charge in [-0.1, -0.05) is 73.1 Å². The summed E-state index contributed by atoms with van der Waals surface area (Å²) in [5.41, 5.74) is 2.38. The number of aromatic nitrogens is 3. The van der Waals surface area contributed by atoms with Crippen LogP contribution < -0.4 is 10.6 Å². The highest BCUT2D eigenvalue weighted by Gasteiger charge is 2.25. The SMILES string of the molecule is C=CCn1c(SCC(=O)Nc2ccc(N=Nc3ccccc3)cc2)nnc1[C@@H](CC(C)C)NC(=O)c1ccc(Cl)cc1Cl. The third-order valence-corrected chi connectivity index (χ3v) is 7.59. The number of hydrogen-bond donors (Lipinski definition) is 2. The average molecular weight is 637 g/mol. The van der Waals surface area contributed by atoms with E-state index >= 15 is 0 Å². The Kier molecular flexibility index (Phi) is 11.5. The molecule has 43 heavy (non-hydrogen) atoms. The van der Waals surface area contributed by atoms with E-state index in [1.165, 1.54) is 17.8 Å². The van der Waals surface area contributed by atoms with Gasteiger partial charge in [-0.15, -0.1) is 16.8 Å². The van der Waals surface area contributed by atoms with E-state index in [0.29, 0.717) is 45.9 Å². The summed E-state index contributed by atoms with van der Waals surface area (Å²) in [4.78, 5) is 25.9. The van der Waals surface area contributed by atoms with Gasteiger partial charge in [0.2, 0.25) is 5.91 Å². The van der Waals surface area contributed by atoms with E-state index in [-0.39, 0.29) is 28.5 Å². The molecule has 12 heteroatoms. The van der Waals surface area contributed by atoms with Crippen molar-refractivity contribution in [2.24, 2.45) is 16.1 Å². The van der Waals surface area contributed by atoms with E-state index in [0.717, 1.165) is 5.69 Å². The van der Waals surface area contributed by atoms with Crippen LogP contribution in [0.5, 0.6) is 0 Å². The number of halogens is 2. The molecule has 0 unspecified atom stereocenters. The molecule has 0 radical (unpaired) electrons. The Morgan fingerprint density at radius 3 is 2.35 bits per heavy atom. The van der Waals surface area contributed by atoms with Gasteiger partial charge in [-0.2, -0.15) is 10.2 Å². The Morgan fingerprint density at radius 2 is 1.70 bits per heavy atom. The Morgan fingerprint density at radius 1 is 1.00 bits per heavy atom. The molecular weight excluding hydrogens is 605 g/mol. The molecule has 0 bridgehead atoms. The van der Waals surface area contributed by atoms with Crippen LogP contribution in [0.15, 0.2) is 101 Å². The summed E-state index contributed by atoms with van der Waals surface area (Å²) < 4.78 is 1.86. The summed E-state index contributed by atoms with van der Waals surface area (Å²) >= 11 is 13.5. The molecule has 0 saturated heterocycles. The molecule has 4 rings (SSSR count). The predicted molar refractivity (Wildman–Crippen MR) is 173 cm³/mol. The molecule has 222 valence electrons. The zero-order valence-corrected chi connectivity index (χ0v) is 26.0. The molecule has 4 aromatic rings. The summed E-state index contributed by atoms with van der Waals surface area (Å²) in [6.07, 6.45) is 2.33. The standard InChI is InChI=1S/C31H31Cl2N7O2S/c1-4-16-40-29(27(17-20(2)3)35-30(42)25-15-10-21(32)18-26(25)33)38-39-31(40)43-19-28(41)34-22-11-13-24(14-12-22)37-36-23-8-6-5-7-9-23/h4-15,18,20,27H,1,16-17,19H2,2-3H3,(H,34,41)(H,35,42)/t27-/m1/s1. The number of anilines is 1. The van der Waals surface area contributed by atoms with E-state index < -0.39 is 6.04 Å². The predicted octanol–water partition coefficient (Wildman–Crippen LogP) is 8.43. The zero-order valence-electron chi connectivity index (χ0n) is 23.7. The molecule has 0 saturated carbocycles. The number of benzene rings is 3. The molecule has 0 aliphatic carbocycles. The molecule has 0 aliphatic heterocycles. The van der Waals surface area contributed by atoms with Crippen LogP contribution in [-0.2, 0) is 11.3 Å². The second kappa shape index (κ2) is 15.5. The van der Waals surface area contributed by atoms with Gasteiger partial charge in [0.25, 0.3) is 5.91 Å². The van der Waals surface area contributed by atoms with Gasteiger partial charge >= 0.3 is 0 Å². The molecule has 0 aliphatic rings. The van der Waals surface area contributed by atoms with Gasteiger partial charge < -0.3 is 15.2 Å². The molecular formula is C31H31Cl2N7O2S. The minimum atomic E-state index is -0.451. The first-order chi connectivity index (χ1) is 20.7. The van der Waals surface area contributed by atoms with Crippen LogP contribution in [0.2, 0.25) is 10.0 Å². The van der Waals surface area contributed by atoms with Gasteiger partial charge in [-0.3, -0.25) is 9.59 Å². The largest absolute Gasteiger partial charge is 0.342 e. The molecule has 0 spiro atoms. The van der Waals surface area contributed by atoms with Gasteiger partial charge in [0, 0.05) is 17.3 Å². The molecule has 2 N–H and O–H groups in total. The van der Waals surface area contributed by atoms with Gasteiger partial charge in [-0.05, 0) is 66.9 Å². The number of nitrogens with one attached hydrogen (secondary N) is 2. The summed E-state index contributed by atoms with van der Waals surface area (Å²) in [6.45, 7) is 8.37. The summed E-state index contributed by atoms with van der Waals surface area (Å²) in [7, 11) is 0. The van der Waals surface area contributed by atoms with Crippen molar-refractivity contribution in [1.82, 2.24) is 20.1 Å². The molecule has 1 aromatic heterocycles. The van der Waals surface area contributed by atoms with E-state index in [1.54, 1.807) is 42.5 Å². The number of allylic oxidation sites excluding steroid dienone is 1. The topological polar surface area (TPSA) is 114 Å². The molecule has 1 atom stereocenters. The quantitative estimate of drug-likeness (QED) is 0.0869. The van der Waals surface area contributed by atoms with Gasteiger partial charge in [-0.25, -0.2) is 0 Å². The van der Waals surface area contributed by atoms with Crippen molar-refractivity contribution >= 4 is 63.8 Å². The normalized spacial score (nSPS) is 11.9. The van der Waals surface area contributed by atoms with E-state index in [1.807, 2.05) is 34.9 Å². The first kappa shape index (κ1) is 31.9. The maximum Gasteiger partial charge on any atom is 0.253 e. The number of hydrogen-bond acceptors (Lipinski definition) is 7. The number of carbonyl (C=O) groups is 2. The fourth-order valence-electron chi connectivity index (χ4n) is 4.12. The third-order valence-electron chi connectivity index (χ3n) is 6.08. The molecule has 3 aromatic carbocycles. The Labute approximate surface area is 264 Å². The van der Waals surface area contributed by atoms with Crippen LogP contribution >= 0.6 is 35.0 Å². The lowest BCUT2D eigenvalue weighted by Gasteiger charge is -2.21. The van der Waals surface area contributed by atoms with Gasteiger partial charge in [0.1, 0.15) is 0 Å². The highest BCUT2D eigenvalue weighted by Crippen LogP contribution is 2.27. The van der Waals surface area contributed by atoms with Crippen molar-refractivity contribution in [2.75, 3.05) is 11.1 Å². The van der Waals surface area contributed by atoms with E-state index in [9.17, 15) is 9.59 Å². The minimum absolute atomic E-state index is 0.104. The second-order valence-corrected chi connectivity index (χ2v) is 11.7. The molecule has 2 amide bonds. The van der Waals surface area contributed by atoms with Crippen LogP contribution in [0.25, 0.3) is 0 Å². The van der Waals surface area contributed by atoms with E-state index in [4.69, 9.17) is 23.2 Å². The lowest BCUT2D eigenvalue weighted by molar-refractivity contribution is -0.113. The maximum absolute atomic E-state index is 13.1. The van der Waals surface area contributed by atoms with Crippen LogP contribution in [0, 0.1) is 5.92 Å². The van der Waals surface area contributed by atoms with Gasteiger partial charge in [0.15, 0.2) is 11.0 Å². The van der Waals surface area contributed by atoms with Crippen molar-refractivity contribution in [3.05, 3.63) is 107 Å². The van der Waals surface area contributed by atoms with Crippen LogP contribution in [0.4, 0.5) is 17.1 Å². The lowest BCUT2D eigenvalue weighted by Crippen LogP contribution is -2.32. The Bertz CT molecular complexity index is 1590.